The monoisotopic (exact) mass is 288 g/mol. The van der Waals surface area contributed by atoms with Gasteiger partial charge in [0.15, 0.2) is 11.5 Å². The molecule has 0 fully saturated rings. The molecular formula is C15H22F2O3. The summed E-state index contributed by atoms with van der Waals surface area (Å²) in [6.07, 6.45) is 1.87. The Labute approximate surface area is 118 Å². The van der Waals surface area contributed by atoms with E-state index in [1.165, 1.54) is 19.2 Å². The van der Waals surface area contributed by atoms with Crippen LogP contribution in [0.1, 0.15) is 44.8 Å². The van der Waals surface area contributed by atoms with Crippen LogP contribution < -0.4 is 9.47 Å². The van der Waals surface area contributed by atoms with Crippen molar-refractivity contribution in [3.05, 3.63) is 23.8 Å². The predicted molar refractivity (Wildman–Crippen MR) is 73.3 cm³/mol. The molecule has 0 heterocycles. The Hall–Kier alpha value is -1.36. The van der Waals surface area contributed by atoms with Crippen molar-refractivity contribution in [2.75, 3.05) is 7.11 Å². The van der Waals surface area contributed by atoms with Crippen LogP contribution in [0.25, 0.3) is 0 Å². The van der Waals surface area contributed by atoms with Gasteiger partial charge in [0.2, 0.25) is 0 Å². The topological polar surface area (TPSA) is 38.7 Å². The average molecular weight is 288 g/mol. The summed E-state index contributed by atoms with van der Waals surface area (Å²) in [5.74, 6) is 0.582. The molecule has 1 atom stereocenters. The molecule has 5 heteroatoms. The molecule has 1 rings (SSSR count). The number of rotatable bonds is 8. The average Bonchev–Trinajstić information content (AvgIpc) is 2.43. The lowest BCUT2D eigenvalue weighted by molar-refractivity contribution is -0.0513. The van der Waals surface area contributed by atoms with E-state index < -0.39 is 12.7 Å². The first-order chi connectivity index (χ1) is 9.51. The van der Waals surface area contributed by atoms with Crippen molar-refractivity contribution in [3.63, 3.8) is 0 Å². The number of aliphatic hydroxyl groups is 1. The molecule has 1 aromatic carbocycles. The Morgan fingerprint density at radius 2 is 1.80 bits per heavy atom. The van der Waals surface area contributed by atoms with E-state index in [2.05, 4.69) is 18.6 Å². The van der Waals surface area contributed by atoms with Crippen molar-refractivity contribution in [2.45, 2.75) is 45.8 Å². The van der Waals surface area contributed by atoms with Crippen LogP contribution in [0.15, 0.2) is 18.2 Å². The smallest absolute Gasteiger partial charge is 0.387 e. The Balaban J connectivity index is 2.89. The van der Waals surface area contributed by atoms with Crippen molar-refractivity contribution < 1.29 is 23.4 Å². The Morgan fingerprint density at radius 3 is 2.30 bits per heavy atom. The van der Waals surface area contributed by atoms with E-state index in [1.54, 1.807) is 6.07 Å². The van der Waals surface area contributed by atoms with Gasteiger partial charge in [0, 0.05) is 0 Å². The highest BCUT2D eigenvalue weighted by atomic mass is 19.3. The summed E-state index contributed by atoms with van der Waals surface area (Å²) in [7, 11) is 1.38. The predicted octanol–water partition coefficient (Wildman–Crippen LogP) is 4.16. The van der Waals surface area contributed by atoms with Crippen LogP contribution >= 0.6 is 0 Å². The summed E-state index contributed by atoms with van der Waals surface area (Å²) in [4.78, 5) is 0. The lowest BCUT2D eigenvalue weighted by Crippen LogP contribution is -2.08. The first kappa shape index (κ1) is 16.7. The maximum absolute atomic E-state index is 12.3. The van der Waals surface area contributed by atoms with Crippen molar-refractivity contribution in [1.82, 2.24) is 0 Å². The molecule has 0 bridgehead atoms. The van der Waals surface area contributed by atoms with Crippen LogP contribution in [0.2, 0.25) is 0 Å². The number of aliphatic hydroxyl groups excluding tert-OH is 1. The minimum absolute atomic E-state index is 0.0522. The molecule has 0 aliphatic carbocycles. The van der Waals surface area contributed by atoms with Gasteiger partial charge in [-0.1, -0.05) is 32.8 Å². The maximum atomic E-state index is 12.3. The molecular weight excluding hydrogens is 266 g/mol. The second kappa shape index (κ2) is 8.04. The van der Waals surface area contributed by atoms with Gasteiger partial charge in [0.1, 0.15) is 0 Å². The van der Waals surface area contributed by atoms with E-state index in [4.69, 9.17) is 4.74 Å². The second-order valence-electron chi connectivity index (χ2n) is 4.72. The summed E-state index contributed by atoms with van der Waals surface area (Å²) in [6, 6.07) is 4.62. The van der Waals surface area contributed by atoms with Crippen molar-refractivity contribution in [3.8, 4) is 11.5 Å². The lowest BCUT2D eigenvalue weighted by Gasteiger charge is -2.19. The lowest BCUT2D eigenvalue weighted by atomic mass is 9.93. The third kappa shape index (κ3) is 4.63. The minimum atomic E-state index is -2.92. The molecule has 0 saturated carbocycles. The van der Waals surface area contributed by atoms with Crippen molar-refractivity contribution in [1.29, 1.82) is 0 Å². The number of hydrogen-bond acceptors (Lipinski definition) is 3. The van der Waals surface area contributed by atoms with Crippen LogP contribution in [-0.2, 0) is 0 Å². The molecule has 0 aliphatic rings. The molecule has 3 nitrogen and oxygen atoms in total. The first-order valence-corrected chi connectivity index (χ1v) is 6.82. The maximum Gasteiger partial charge on any atom is 0.387 e. The molecule has 1 N–H and O–H groups in total. The Morgan fingerprint density at radius 1 is 1.15 bits per heavy atom. The summed E-state index contributed by atoms with van der Waals surface area (Å²) in [5.41, 5.74) is 0.563. The van der Waals surface area contributed by atoms with Crippen LogP contribution in [0.4, 0.5) is 8.78 Å². The fourth-order valence-corrected chi connectivity index (χ4v) is 2.16. The van der Waals surface area contributed by atoms with Crippen LogP contribution in [0.5, 0.6) is 11.5 Å². The second-order valence-corrected chi connectivity index (χ2v) is 4.72. The molecule has 0 spiro atoms. The van der Waals surface area contributed by atoms with E-state index in [0.717, 1.165) is 12.8 Å². The van der Waals surface area contributed by atoms with Gasteiger partial charge in [-0.2, -0.15) is 8.78 Å². The van der Waals surface area contributed by atoms with E-state index in [-0.39, 0.29) is 11.5 Å². The van der Waals surface area contributed by atoms with Gasteiger partial charge in [-0.25, -0.2) is 0 Å². The Kier molecular flexibility index (Phi) is 6.71. The molecule has 1 unspecified atom stereocenters. The summed E-state index contributed by atoms with van der Waals surface area (Å²) in [5, 5.41) is 10.2. The van der Waals surface area contributed by atoms with Gasteiger partial charge in [0.05, 0.1) is 13.2 Å². The Bertz CT molecular complexity index is 406. The molecule has 0 radical (unpaired) electrons. The third-order valence-corrected chi connectivity index (χ3v) is 3.50. The fraction of sp³-hybridized carbons (Fsp3) is 0.600. The van der Waals surface area contributed by atoms with Crippen LogP contribution in [-0.4, -0.2) is 18.8 Å². The zero-order chi connectivity index (χ0) is 15.1. The van der Waals surface area contributed by atoms with E-state index in [1.807, 2.05) is 0 Å². The zero-order valence-electron chi connectivity index (χ0n) is 12.1. The van der Waals surface area contributed by atoms with E-state index in [9.17, 15) is 13.9 Å². The van der Waals surface area contributed by atoms with E-state index >= 15 is 0 Å². The number of methoxy groups -OCH3 is 1. The molecule has 0 aliphatic heterocycles. The molecule has 0 amide bonds. The fourth-order valence-electron chi connectivity index (χ4n) is 2.16. The van der Waals surface area contributed by atoms with Crippen molar-refractivity contribution in [2.24, 2.45) is 5.92 Å². The van der Waals surface area contributed by atoms with Crippen LogP contribution in [0, 0.1) is 5.92 Å². The number of benzene rings is 1. The number of ether oxygens (including phenoxy) is 2. The van der Waals surface area contributed by atoms with Gasteiger partial charge >= 0.3 is 6.61 Å². The third-order valence-electron chi connectivity index (χ3n) is 3.50. The number of hydrogen-bond donors (Lipinski definition) is 1. The van der Waals surface area contributed by atoms with Gasteiger partial charge in [-0.3, -0.25) is 0 Å². The van der Waals surface area contributed by atoms with Gasteiger partial charge in [0.25, 0.3) is 0 Å². The highest BCUT2D eigenvalue weighted by molar-refractivity contribution is 5.43. The highest BCUT2D eigenvalue weighted by Crippen LogP contribution is 2.33. The molecule has 0 aromatic heterocycles. The summed E-state index contributed by atoms with van der Waals surface area (Å²) < 4.78 is 34.1. The zero-order valence-corrected chi connectivity index (χ0v) is 12.1. The SMILES string of the molecule is CCC(CC)CC(O)c1ccc(OC)c(OC(F)F)c1. The number of alkyl halides is 2. The normalized spacial score (nSPS) is 12.8. The standard InChI is InChI=1S/C15H22F2O3/c1-4-10(5-2)8-12(18)11-6-7-13(19-3)14(9-11)20-15(16)17/h6-7,9-10,12,15,18H,4-5,8H2,1-3H3. The molecule has 20 heavy (non-hydrogen) atoms. The molecule has 1 aromatic rings. The largest absolute Gasteiger partial charge is 0.493 e. The highest BCUT2D eigenvalue weighted by Gasteiger charge is 2.17. The quantitative estimate of drug-likeness (QED) is 0.780. The van der Waals surface area contributed by atoms with Gasteiger partial charge < -0.3 is 14.6 Å². The molecule has 0 saturated heterocycles. The molecule has 114 valence electrons. The van der Waals surface area contributed by atoms with Gasteiger partial charge in [-0.05, 0) is 30.0 Å². The van der Waals surface area contributed by atoms with Crippen LogP contribution in [0.3, 0.4) is 0 Å². The minimum Gasteiger partial charge on any atom is -0.493 e. The summed E-state index contributed by atoms with van der Waals surface area (Å²) in [6.45, 7) is 1.22. The van der Waals surface area contributed by atoms with E-state index in [0.29, 0.717) is 17.9 Å². The van der Waals surface area contributed by atoms with Crippen molar-refractivity contribution >= 4 is 0 Å². The summed E-state index contributed by atoms with van der Waals surface area (Å²) >= 11 is 0. The first-order valence-electron chi connectivity index (χ1n) is 6.82. The van der Waals surface area contributed by atoms with Gasteiger partial charge in [-0.15, -0.1) is 0 Å². The number of halogens is 2.